The summed E-state index contributed by atoms with van der Waals surface area (Å²) in [5.41, 5.74) is 0.949. The molecule has 0 atom stereocenters. The summed E-state index contributed by atoms with van der Waals surface area (Å²) in [6.07, 6.45) is 0. The highest BCUT2D eigenvalue weighted by Crippen LogP contribution is 2.15. The number of benzene rings is 2. The molecular weight excluding hydrogens is 346 g/mol. The predicted octanol–water partition coefficient (Wildman–Crippen LogP) is 3.16. The largest absolute Gasteiger partial charge is 0.484 e. The van der Waals surface area contributed by atoms with Crippen molar-refractivity contribution in [3.8, 4) is 5.75 Å². The highest BCUT2D eigenvalue weighted by Gasteiger charge is 2.08. The molecule has 1 amide bonds. The Kier molecular flexibility index (Phi) is 7.25. The number of rotatable bonds is 8. The lowest BCUT2D eigenvalue weighted by atomic mass is 10.2. The number of halogens is 1. The normalized spacial score (nSPS) is 10.2. The van der Waals surface area contributed by atoms with E-state index in [9.17, 15) is 9.59 Å². The molecule has 0 aliphatic carbocycles. The molecule has 132 valence electrons. The van der Waals surface area contributed by atoms with E-state index in [2.05, 4.69) is 5.32 Å². The first kappa shape index (κ1) is 18.8. The molecule has 0 bridgehead atoms. The number of methoxy groups -OCH3 is 1. The number of carbonyl (C=O) groups excluding carboxylic acids is 2. The van der Waals surface area contributed by atoms with Crippen LogP contribution in [-0.2, 0) is 14.3 Å². The fourth-order valence-corrected chi connectivity index (χ4v) is 1.99. The van der Waals surface area contributed by atoms with Crippen molar-refractivity contribution in [2.75, 3.05) is 32.2 Å². The Morgan fingerprint density at radius 2 is 1.68 bits per heavy atom. The minimum atomic E-state index is -0.444. The van der Waals surface area contributed by atoms with Crippen LogP contribution in [0.4, 0.5) is 5.69 Å². The highest BCUT2D eigenvalue weighted by molar-refractivity contribution is 6.30. The van der Waals surface area contributed by atoms with Gasteiger partial charge in [-0.1, -0.05) is 11.6 Å². The average Bonchev–Trinajstić information content (AvgIpc) is 2.62. The summed E-state index contributed by atoms with van der Waals surface area (Å²) in [5, 5.41) is 3.27. The molecule has 2 rings (SSSR count). The number of anilines is 1. The van der Waals surface area contributed by atoms with Gasteiger partial charge in [0.15, 0.2) is 6.61 Å². The van der Waals surface area contributed by atoms with Gasteiger partial charge in [-0.25, -0.2) is 4.79 Å². The Labute approximate surface area is 150 Å². The van der Waals surface area contributed by atoms with Crippen LogP contribution in [0.2, 0.25) is 5.02 Å². The maximum atomic E-state index is 11.9. The van der Waals surface area contributed by atoms with E-state index < -0.39 is 5.97 Å². The zero-order valence-electron chi connectivity index (χ0n) is 13.7. The lowest BCUT2D eigenvalue weighted by Crippen LogP contribution is -2.20. The Balaban J connectivity index is 1.80. The second-order valence-corrected chi connectivity index (χ2v) is 5.43. The van der Waals surface area contributed by atoms with Gasteiger partial charge in [-0.05, 0) is 48.5 Å². The molecular formula is C18H18ClNO5. The van der Waals surface area contributed by atoms with E-state index in [1.807, 2.05) is 0 Å². The summed E-state index contributed by atoms with van der Waals surface area (Å²) in [5.74, 6) is -0.208. The van der Waals surface area contributed by atoms with Gasteiger partial charge < -0.3 is 19.5 Å². The topological polar surface area (TPSA) is 73.9 Å². The van der Waals surface area contributed by atoms with Crippen LogP contribution in [0.3, 0.4) is 0 Å². The lowest BCUT2D eigenvalue weighted by Gasteiger charge is -2.08. The van der Waals surface area contributed by atoms with Crippen molar-refractivity contribution in [1.82, 2.24) is 0 Å². The molecule has 6 nitrogen and oxygen atoms in total. The molecule has 25 heavy (non-hydrogen) atoms. The third-order valence-corrected chi connectivity index (χ3v) is 3.36. The third kappa shape index (κ3) is 6.45. The predicted molar refractivity (Wildman–Crippen MR) is 94.2 cm³/mol. The van der Waals surface area contributed by atoms with E-state index in [0.29, 0.717) is 28.6 Å². The van der Waals surface area contributed by atoms with Gasteiger partial charge in [-0.3, -0.25) is 4.79 Å². The summed E-state index contributed by atoms with van der Waals surface area (Å²) in [7, 11) is 1.53. The van der Waals surface area contributed by atoms with Crippen LogP contribution in [0.1, 0.15) is 10.4 Å². The molecule has 7 heteroatoms. The van der Waals surface area contributed by atoms with Gasteiger partial charge in [0, 0.05) is 17.8 Å². The van der Waals surface area contributed by atoms with E-state index in [4.69, 9.17) is 25.8 Å². The van der Waals surface area contributed by atoms with Crippen molar-refractivity contribution in [3.63, 3.8) is 0 Å². The molecule has 2 aromatic carbocycles. The zero-order valence-corrected chi connectivity index (χ0v) is 14.4. The first-order valence-electron chi connectivity index (χ1n) is 7.53. The Morgan fingerprint density at radius 1 is 1.00 bits per heavy atom. The van der Waals surface area contributed by atoms with Crippen molar-refractivity contribution in [2.24, 2.45) is 0 Å². The zero-order chi connectivity index (χ0) is 18.1. The molecule has 2 aromatic rings. The number of amides is 1. The first-order valence-corrected chi connectivity index (χ1v) is 7.90. The van der Waals surface area contributed by atoms with Crippen molar-refractivity contribution < 1.29 is 23.8 Å². The van der Waals surface area contributed by atoms with Crippen molar-refractivity contribution >= 4 is 29.2 Å². The fraction of sp³-hybridized carbons (Fsp3) is 0.222. The summed E-state index contributed by atoms with van der Waals surface area (Å²) in [6.45, 7) is 0.395. The first-order chi connectivity index (χ1) is 12.1. The maximum absolute atomic E-state index is 11.9. The molecule has 0 saturated carbocycles. The monoisotopic (exact) mass is 363 g/mol. The molecule has 0 aromatic heterocycles. The smallest absolute Gasteiger partial charge is 0.338 e. The third-order valence-electron chi connectivity index (χ3n) is 3.11. The molecule has 0 fully saturated rings. The molecule has 0 radical (unpaired) electrons. The van der Waals surface area contributed by atoms with Crippen molar-refractivity contribution in [3.05, 3.63) is 59.1 Å². The van der Waals surface area contributed by atoms with Gasteiger partial charge in [-0.15, -0.1) is 0 Å². The quantitative estimate of drug-likeness (QED) is 0.576. The number of carbonyl (C=O) groups is 2. The van der Waals surface area contributed by atoms with Crippen LogP contribution < -0.4 is 10.1 Å². The molecule has 0 unspecified atom stereocenters. The average molecular weight is 364 g/mol. The van der Waals surface area contributed by atoms with E-state index >= 15 is 0 Å². The fourth-order valence-electron chi connectivity index (χ4n) is 1.87. The van der Waals surface area contributed by atoms with Crippen molar-refractivity contribution in [2.45, 2.75) is 0 Å². The van der Waals surface area contributed by atoms with E-state index in [0.717, 1.165) is 0 Å². The van der Waals surface area contributed by atoms with E-state index in [1.54, 1.807) is 48.5 Å². The Hall–Kier alpha value is -2.57. The Bertz CT molecular complexity index is 700. The number of nitrogens with one attached hydrogen (secondary N) is 1. The SMILES string of the molecule is COCCOC(=O)c1ccc(NC(=O)COc2ccc(Cl)cc2)cc1. The van der Waals surface area contributed by atoms with Gasteiger partial charge in [0.05, 0.1) is 12.2 Å². The second-order valence-electron chi connectivity index (χ2n) is 5.00. The number of hydrogen-bond acceptors (Lipinski definition) is 5. The lowest BCUT2D eigenvalue weighted by molar-refractivity contribution is -0.118. The van der Waals surface area contributed by atoms with E-state index in [-0.39, 0.29) is 19.1 Å². The second kappa shape index (κ2) is 9.66. The molecule has 0 saturated heterocycles. The minimum absolute atomic E-state index is 0.136. The van der Waals surface area contributed by atoms with Crippen LogP contribution in [0.25, 0.3) is 0 Å². The molecule has 0 heterocycles. The summed E-state index contributed by atoms with van der Waals surface area (Å²) >= 11 is 5.78. The summed E-state index contributed by atoms with van der Waals surface area (Å²) in [6, 6.07) is 13.1. The van der Waals surface area contributed by atoms with Crippen LogP contribution in [0, 0.1) is 0 Å². The van der Waals surface area contributed by atoms with Gasteiger partial charge in [0.1, 0.15) is 12.4 Å². The highest BCUT2D eigenvalue weighted by atomic mass is 35.5. The molecule has 0 aliphatic rings. The molecule has 1 N–H and O–H groups in total. The van der Waals surface area contributed by atoms with Gasteiger partial charge in [-0.2, -0.15) is 0 Å². The Morgan fingerprint density at radius 3 is 2.32 bits per heavy atom. The number of esters is 1. The summed E-state index contributed by atoms with van der Waals surface area (Å²) in [4.78, 5) is 23.6. The van der Waals surface area contributed by atoms with Gasteiger partial charge >= 0.3 is 5.97 Å². The number of hydrogen-bond donors (Lipinski definition) is 1. The maximum Gasteiger partial charge on any atom is 0.338 e. The molecule has 0 spiro atoms. The molecule has 0 aliphatic heterocycles. The van der Waals surface area contributed by atoms with Gasteiger partial charge in [0.2, 0.25) is 0 Å². The van der Waals surface area contributed by atoms with E-state index in [1.165, 1.54) is 7.11 Å². The van der Waals surface area contributed by atoms with Gasteiger partial charge in [0.25, 0.3) is 5.91 Å². The number of ether oxygens (including phenoxy) is 3. The van der Waals surface area contributed by atoms with Crippen molar-refractivity contribution in [1.29, 1.82) is 0 Å². The summed E-state index contributed by atoms with van der Waals surface area (Å²) < 4.78 is 15.2. The van der Waals surface area contributed by atoms with Crippen LogP contribution in [0.5, 0.6) is 5.75 Å². The van der Waals surface area contributed by atoms with Crippen LogP contribution in [0.15, 0.2) is 48.5 Å². The standard InChI is InChI=1S/C18H18ClNO5/c1-23-10-11-24-18(22)13-2-6-15(7-3-13)20-17(21)12-25-16-8-4-14(19)5-9-16/h2-9H,10-12H2,1H3,(H,20,21). The van der Waals surface area contributed by atoms with Crippen LogP contribution >= 0.6 is 11.6 Å². The minimum Gasteiger partial charge on any atom is -0.484 e. The van der Waals surface area contributed by atoms with Crippen LogP contribution in [-0.4, -0.2) is 38.8 Å².